The van der Waals surface area contributed by atoms with Gasteiger partial charge in [-0.2, -0.15) is 0 Å². The van der Waals surface area contributed by atoms with Crippen LogP contribution in [0, 0.1) is 19.8 Å². The monoisotopic (exact) mass is 319 g/mol. The number of carbonyl (C=O) groups excluding carboxylic acids is 2. The molecule has 0 bridgehead atoms. The molecule has 4 N–H and O–H groups in total. The smallest absolute Gasteiger partial charge is 0.239 e. The summed E-state index contributed by atoms with van der Waals surface area (Å²) in [6, 6.07) is 5.79. The number of benzene rings is 1. The lowest BCUT2D eigenvalue weighted by atomic mass is 10.0. The van der Waals surface area contributed by atoms with Crippen LogP contribution in [0.5, 0.6) is 0 Å². The van der Waals surface area contributed by atoms with E-state index in [1.807, 2.05) is 20.8 Å². The first kappa shape index (κ1) is 19.2. The zero-order valence-electron chi connectivity index (χ0n) is 14.8. The van der Waals surface area contributed by atoms with Gasteiger partial charge in [-0.15, -0.1) is 0 Å². The van der Waals surface area contributed by atoms with Crippen LogP contribution in [-0.2, 0) is 16.0 Å². The minimum absolute atomic E-state index is 0.000579. The van der Waals surface area contributed by atoms with Crippen molar-refractivity contribution >= 4 is 11.8 Å². The highest BCUT2D eigenvalue weighted by Gasteiger charge is 2.18. The number of hydrogen-bond acceptors (Lipinski definition) is 3. The lowest BCUT2D eigenvalue weighted by Crippen LogP contribution is -2.48. The van der Waals surface area contributed by atoms with Crippen molar-refractivity contribution in [1.29, 1.82) is 0 Å². The summed E-state index contributed by atoms with van der Waals surface area (Å²) in [5, 5.41) is 5.47. The fourth-order valence-electron chi connectivity index (χ4n) is 2.51. The number of amides is 2. The van der Waals surface area contributed by atoms with Crippen LogP contribution in [0.1, 0.15) is 37.5 Å². The van der Waals surface area contributed by atoms with Crippen LogP contribution in [-0.4, -0.2) is 30.4 Å². The summed E-state index contributed by atoms with van der Waals surface area (Å²) in [5.41, 5.74) is 9.36. The first-order valence-electron chi connectivity index (χ1n) is 8.09. The second-order valence-electron chi connectivity index (χ2n) is 6.66. The SMILES string of the molecule is Cc1cc(C)cc(CC(C)NC(=O)CNC(=O)[C@@H](N)C(C)C)c1. The van der Waals surface area contributed by atoms with E-state index in [9.17, 15) is 9.59 Å². The molecular weight excluding hydrogens is 290 g/mol. The van der Waals surface area contributed by atoms with Crippen LogP contribution in [0.15, 0.2) is 18.2 Å². The van der Waals surface area contributed by atoms with Crippen LogP contribution >= 0.6 is 0 Å². The number of nitrogens with two attached hydrogens (primary N) is 1. The summed E-state index contributed by atoms with van der Waals surface area (Å²) in [6.45, 7) is 9.78. The molecule has 23 heavy (non-hydrogen) atoms. The lowest BCUT2D eigenvalue weighted by molar-refractivity contribution is -0.127. The minimum atomic E-state index is -0.588. The number of hydrogen-bond donors (Lipinski definition) is 3. The Hall–Kier alpha value is -1.88. The van der Waals surface area contributed by atoms with Gasteiger partial charge >= 0.3 is 0 Å². The highest BCUT2D eigenvalue weighted by molar-refractivity contribution is 5.87. The van der Waals surface area contributed by atoms with Gasteiger partial charge in [0.25, 0.3) is 0 Å². The van der Waals surface area contributed by atoms with Crippen molar-refractivity contribution < 1.29 is 9.59 Å². The molecule has 0 aliphatic carbocycles. The van der Waals surface area contributed by atoms with Crippen LogP contribution in [0.3, 0.4) is 0 Å². The van der Waals surface area contributed by atoms with E-state index in [2.05, 4.69) is 42.7 Å². The molecule has 0 spiro atoms. The van der Waals surface area contributed by atoms with E-state index in [0.717, 1.165) is 6.42 Å². The molecule has 1 aromatic carbocycles. The van der Waals surface area contributed by atoms with E-state index in [1.54, 1.807) is 0 Å². The number of aryl methyl sites for hydroxylation is 2. The van der Waals surface area contributed by atoms with Gasteiger partial charge in [0.2, 0.25) is 11.8 Å². The molecule has 0 aliphatic rings. The maximum Gasteiger partial charge on any atom is 0.239 e. The van der Waals surface area contributed by atoms with E-state index in [0.29, 0.717) is 0 Å². The van der Waals surface area contributed by atoms with E-state index < -0.39 is 6.04 Å². The summed E-state index contributed by atoms with van der Waals surface area (Å²) in [6.07, 6.45) is 0.758. The Bertz CT molecular complexity index is 535. The second-order valence-corrected chi connectivity index (χ2v) is 6.66. The molecule has 0 aliphatic heterocycles. The first-order valence-corrected chi connectivity index (χ1v) is 8.09. The van der Waals surface area contributed by atoms with Crippen LogP contribution in [0.2, 0.25) is 0 Å². The van der Waals surface area contributed by atoms with Gasteiger partial charge < -0.3 is 16.4 Å². The van der Waals surface area contributed by atoms with Gasteiger partial charge in [0.1, 0.15) is 0 Å². The number of carbonyl (C=O) groups is 2. The maximum atomic E-state index is 11.9. The van der Waals surface area contributed by atoms with Crippen molar-refractivity contribution in [2.24, 2.45) is 11.7 Å². The van der Waals surface area contributed by atoms with Crippen molar-refractivity contribution in [1.82, 2.24) is 10.6 Å². The first-order chi connectivity index (χ1) is 10.7. The van der Waals surface area contributed by atoms with Gasteiger partial charge in [0.15, 0.2) is 0 Å². The van der Waals surface area contributed by atoms with E-state index >= 15 is 0 Å². The normalized spacial score (nSPS) is 13.5. The summed E-state index contributed by atoms with van der Waals surface area (Å²) in [4.78, 5) is 23.6. The molecule has 0 saturated carbocycles. The Kier molecular flexibility index (Phi) is 7.23. The van der Waals surface area contributed by atoms with E-state index in [1.165, 1.54) is 16.7 Å². The van der Waals surface area contributed by atoms with Gasteiger partial charge in [-0.3, -0.25) is 9.59 Å². The molecular formula is C18H29N3O2. The fraction of sp³-hybridized carbons (Fsp3) is 0.556. The third kappa shape index (κ3) is 6.82. The zero-order valence-corrected chi connectivity index (χ0v) is 14.8. The highest BCUT2D eigenvalue weighted by atomic mass is 16.2. The molecule has 0 fully saturated rings. The summed E-state index contributed by atoms with van der Waals surface area (Å²) in [7, 11) is 0. The molecule has 5 heteroatoms. The third-order valence-electron chi connectivity index (χ3n) is 3.67. The number of rotatable bonds is 7. The summed E-state index contributed by atoms with van der Waals surface area (Å²) in [5.74, 6) is -0.454. The van der Waals surface area contributed by atoms with Crippen LogP contribution in [0.25, 0.3) is 0 Å². The molecule has 1 unspecified atom stereocenters. The van der Waals surface area contributed by atoms with Gasteiger partial charge in [0.05, 0.1) is 12.6 Å². The summed E-state index contributed by atoms with van der Waals surface area (Å²) < 4.78 is 0. The molecule has 1 rings (SSSR count). The van der Waals surface area contributed by atoms with Gasteiger partial charge in [0, 0.05) is 6.04 Å². The molecule has 0 saturated heterocycles. The maximum absolute atomic E-state index is 11.9. The summed E-state index contributed by atoms with van der Waals surface area (Å²) >= 11 is 0. The molecule has 2 atom stereocenters. The Morgan fingerprint density at radius 2 is 1.65 bits per heavy atom. The molecule has 2 amide bonds. The average molecular weight is 319 g/mol. The number of nitrogens with one attached hydrogen (secondary N) is 2. The Morgan fingerprint density at radius 3 is 2.17 bits per heavy atom. The molecule has 128 valence electrons. The van der Waals surface area contributed by atoms with Crippen molar-refractivity contribution in [3.63, 3.8) is 0 Å². The van der Waals surface area contributed by atoms with E-state index in [-0.39, 0.29) is 30.3 Å². The van der Waals surface area contributed by atoms with Gasteiger partial charge in [-0.1, -0.05) is 43.2 Å². The third-order valence-corrected chi connectivity index (χ3v) is 3.67. The van der Waals surface area contributed by atoms with Crippen molar-refractivity contribution in [3.8, 4) is 0 Å². The van der Waals surface area contributed by atoms with E-state index in [4.69, 9.17) is 5.73 Å². The van der Waals surface area contributed by atoms with Crippen molar-refractivity contribution in [2.75, 3.05) is 6.54 Å². The Balaban J connectivity index is 2.43. The molecule has 1 aromatic rings. The van der Waals surface area contributed by atoms with Crippen LogP contribution in [0.4, 0.5) is 0 Å². The lowest BCUT2D eigenvalue weighted by Gasteiger charge is -2.17. The zero-order chi connectivity index (χ0) is 17.6. The standard InChI is InChI=1S/C18H29N3O2/c1-11(2)17(19)18(23)20-10-16(22)21-14(5)9-15-7-12(3)6-13(4)8-15/h6-8,11,14,17H,9-10,19H2,1-5H3,(H,20,23)(H,21,22)/t14?,17-/m0/s1. The van der Waals surface area contributed by atoms with Gasteiger partial charge in [-0.05, 0) is 38.7 Å². The topological polar surface area (TPSA) is 84.2 Å². The quantitative estimate of drug-likeness (QED) is 0.711. The minimum Gasteiger partial charge on any atom is -0.352 e. The highest BCUT2D eigenvalue weighted by Crippen LogP contribution is 2.10. The van der Waals surface area contributed by atoms with Crippen molar-refractivity contribution in [2.45, 2.75) is 53.1 Å². The largest absolute Gasteiger partial charge is 0.352 e. The molecule has 5 nitrogen and oxygen atoms in total. The Morgan fingerprint density at radius 1 is 1.09 bits per heavy atom. The molecule has 0 heterocycles. The van der Waals surface area contributed by atoms with Crippen molar-refractivity contribution in [3.05, 3.63) is 34.9 Å². The Labute approximate surface area is 139 Å². The fourth-order valence-corrected chi connectivity index (χ4v) is 2.51. The predicted octanol–water partition coefficient (Wildman–Crippen LogP) is 1.45. The average Bonchev–Trinajstić information content (AvgIpc) is 2.42. The molecule has 0 radical (unpaired) electrons. The van der Waals surface area contributed by atoms with Crippen LogP contribution < -0.4 is 16.4 Å². The van der Waals surface area contributed by atoms with Gasteiger partial charge in [-0.25, -0.2) is 0 Å². The molecule has 0 aromatic heterocycles. The second kappa shape index (κ2) is 8.67. The predicted molar refractivity (Wildman–Crippen MR) is 93.0 cm³/mol.